The van der Waals surface area contributed by atoms with E-state index in [1.807, 2.05) is 0 Å². The lowest BCUT2D eigenvalue weighted by Crippen LogP contribution is -2.22. The molecule has 0 radical (unpaired) electrons. The molecule has 100 valence electrons. The van der Waals surface area contributed by atoms with Crippen LogP contribution in [-0.2, 0) is 0 Å². The van der Waals surface area contributed by atoms with Crippen molar-refractivity contribution in [3.05, 3.63) is 6.07 Å². The van der Waals surface area contributed by atoms with Gasteiger partial charge in [-0.1, -0.05) is 6.92 Å². The minimum Gasteiger partial charge on any atom is -0.370 e. The molecule has 1 unspecified atom stereocenters. The number of aromatic nitrogens is 2. The summed E-state index contributed by atoms with van der Waals surface area (Å²) in [7, 11) is 0. The predicted molar refractivity (Wildman–Crippen MR) is 73.0 cm³/mol. The van der Waals surface area contributed by atoms with Gasteiger partial charge >= 0.3 is 0 Å². The van der Waals surface area contributed by atoms with Crippen LogP contribution in [0.1, 0.15) is 13.3 Å². The molecule has 2 rings (SSSR count). The molecular weight excluding hydrogens is 230 g/mol. The standard InChI is InChI=1S/C11H21N7/c1-2-18-4-3-8(7-18)6-14-9-5-10(17-13)16-11(12)15-9/h5,8H,2-4,6-7,13H2,1H3,(H4,12,14,15,16,17). The van der Waals surface area contributed by atoms with Crippen LogP contribution in [0.15, 0.2) is 6.07 Å². The zero-order valence-corrected chi connectivity index (χ0v) is 10.7. The van der Waals surface area contributed by atoms with Crippen molar-refractivity contribution in [1.82, 2.24) is 14.9 Å². The van der Waals surface area contributed by atoms with Crippen LogP contribution in [-0.4, -0.2) is 41.0 Å². The Hall–Kier alpha value is -1.60. The van der Waals surface area contributed by atoms with Gasteiger partial charge in [-0.2, -0.15) is 9.97 Å². The summed E-state index contributed by atoms with van der Waals surface area (Å²) in [5, 5.41) is 3.29. The molecule has 1 aromatic rings. The van der Waals surface area contributed by atoms with Gasteiger partial charge in [0.05, 0.1) is 0 Å². The number of rotatable bonds is 5. The zero-order valence-electron chi connectivity index (χ0n) is 10.7. The average Bonchev–Trinajstić information content (AvgIpc) is 2.83. The Morgan fingerprint density at radius 1 is 1.44 bits per heavy atom. The van der Waals surface area contributed by atoms with Gasteiger partial charge < -0.3 is 21.4 Å². The smallest absolute Gasteiger partial charge is 0.223 e. The van der Waals surface area contributed by atoms with E-state index in [0.29, 0.717) is 17.6 Å². The van der Waals surface area contributed by atoms with Gasteiger partial charge in [0.2, 0.25) is 5.95 Å². The first-order valence-corrected chi connectivity index (χ1v) is 6.28. The molecule has 1 aliphatic rings. The van der Waals surface area contributed by atoms with E-state index in [-0.39, 0.29) is 5.95 Å². The van der Waals surface area contributed by atoms with E-state index >= 15 is 0 Å². The first-order chi connectivity index (χ1) is 8.71. The predicted octanol–water partition coefficient (Wildman–Crippen LogP) is 0.0981. The van der Waals surface area contributed by atoms with E-state index in [1.54, 1.807) is 6.07 Å². The fourth-order valence-electron chi connectivity index (χ4n) is 2.25. The Bertz CT molecular complexity index is 395. The number of nitrogens with one attached hydrogen (secondary N) is 2. The minimum atomic E-state index is 0.217. The zero-order chi connectivity index (χ0) is 13.0. The Morgan fingerprint density at radius 3 is 2.89 bits per heavy atom. The SMILES string of the molecule is CCN1CCC(CNc2cc(NN)nc(N)n2)C1. The summed E-state index contributed by atoms with van der Waals surface area (Å²) in [5.41, 5.74) is 8.07. The molecule has 2 heterocycles. The Labute approximate surface area is 107 Å². The Kier molecular flexibility index (Phi) is 4.16. The Morgan fingerprint density at radius 2 is 2.22 bits per heavy atom. The summed E-state index contributed by atoms with van der Waals surface area (Å²) in [4.78, 5) is 10.5. The van der Waals surface area contributed by atoms with Crippen LogP contribution in [0.3, 0.4) is 0 Å². The van der Waals surface area contributed by atoms with Crippen molar-refractivity contribution < 1.29 is 0 Å². The second kappa shape index (κ2) is 5.83. The first-order valence-electron chi connectivity index (χ1n) is 6.28. The average molecular weight is 251 g/mol. The maximum Gasteiger partial charge on any atom is 0.223 e. The fraction of sp³-hybridized carbons (Fsp3) is 0.636. The summed E-state index contributed by atoms with van der Waals surface area (Å²) in [6.07, 6.45) is 1.23. The van der Waals surface area contributed by atoms with Crippen molar-refractivity contribution in [2.75, 3.05) is 42.7 Å². The topological polar surface area (TPSA) is 105 Å². The molecule has 0 saturated carbocycles. The van der Waals surface area contributed by atoms with E-state index < -0.39 is 0 Å². The van der Waals surface area contributed by atoms with E-state index in [4.69, 9.17) is 11.6 Å². The number of likely N-dealkylation sites (tertiary alicyclic amines) is 1. The van der Waals surface area contributed by atoms with Crippen molar-refractivity contribution in [2.45, 2.75) is 13.3 Å². The molecule has 0 aromatic carbocycles. The van der Waals surface area contributed by atoms with Gasteiger partial charge in [0.25, 0.3) is 0 Å². The largest absolute Gasteiger partial charge is 0.370 e. The lowest BCUT2D eigenvalue weighted by atomic mass is 10.1. The van der Waals surface area contributed by atoms with Crippen LogP contribution in [0.25, 0.3) is 0 Å². The number of hydrazine groups is 1. The summed E-state index contributed by atoms with van der Waals surface area (Å²) in [6.45, 7) is 6.55. The Balaban J connectivity index is 1.88. The van der Waals surface area contributed by atoms with Crippen LogP contribution in [0, 0.1) is 5.92 Å². The van der Waals surface area contributed by atoms with Crippen molar-refractivity contribution in [3.63, 3.8) is 0 Å². The van der Waals surface area contributed by atoms with Crippen LogP contribution in [0.4, 0.5) is 17.6 Å². The molecular formula is C11H21N7. The van der Waals surface area contributed by atoms with Gasteiger partial charge in [-0.15, -0.1) is 0 Å². The quantitative estimate of drug-likeness (QED) is 0.434. The fourth-order valence-corrected chi connectivity index (χ4v) is 2.25. The number of nitrogens with two attached hydrogens (primary N) is 2. The molecule has 1 saturated heterocycles. The van der Waals surface area contributed by atoms with Crippen LogP contribution >= 0.6 is 0 Å². The molecule has 1 aromatic heterocycles. The molecule has 0 amide bonds. The summed E-state index contributed by atoms with van der Waals surface area (Å²) in [6, 6.07) is 1.75. The number of nitrogen functional groups attached to an aromatic ring is 2. The number of hydrogen-bond donors (Lipinski definition) is 4. The van der Waals surface area contributed by atoms with Crippen molar-refractivity contribution in [2.24, 2.45) is 11.8 Å². The van der Waals surface area contributed by atoms with Crippen LogP contribution in [0.5, 0.6) is 0 Å². The van der Waals surface area contributed by atoms with Gasteiger partial charge in [-0.3, -0.25) is 0 Å². The number of hydrogen-bond acceptors (Lipinski definition) is 7. The molecule has 18 heavy (non-hydrogen) atoms. The van der Waals surface area contributed by atoms with Crippen molar-refractivity contribution >= 4 is 17.6 Å². The summed E-state index contributed by atoms with van der Waals surface area (Å²) >= 11 is 0. The van der Waals surface area contributed by atoms with Crippen molar-refractivity contribution in [1.29, 1.82) is 0 Å². The van der Waals surface area contributed by atoms with Gasteiger partial charge in [0.15, 0.2) is 0 Å². The molecule has 7 nitrogen and oxygen atoms in total. The minimum absolute atomic E-state index is 0.217. The molecule has 0 bridgehead atoms. The third-order valence-electron chi connectivity index (χ3n) is 3.28. The third kappa shape index (κ3) is 3.21. The summed E-state index contributed by atoms with van der Waals surface area (Å²) in [5.74, 6) is 7.42. The van der Waals surface area contributed by atoms with Crippen LogP contribution in [0.2, 0.25) is 0 Å². The van der Waals surface area contributed by atoms with E-state index in [0.717, 1.165) is 19.6 Å². The second-order valence-corrected chi connectivity index (χ2v) is 4.57. The van der Waals surface area contributed by atoms with E-state index in [9.17, 15) is 0 Å². The van der Waals surface area contributed by atoms with E-state index in [2.05, 4.69) is 32.5 Å². The van der Waals surface area contributed by atoms with Crippen LogP contribution < -0.4 is 22.3 Å². The lowest BCUT2D eigenvalue weighted by molar-refractivity contribution is 0.345. The molecule has 0 aliphatic carbocycles. The highest BCUT2D eigenvalue weighted by molar-refractivity contribution is 5.50. The third-order valence-corrected chi connectivity index (χ3v) is 3.28. The first kappa shape index (κ1) is 12.8. The highest BCUT2D eigenvalue weighted by Gasteiger charge is 2.20. The van der Waals surface area contributed by atoms with E-state index in [1.165, 1.54) is 13.0 Å². The van der Waals surface area contributed by atoms with Gasteiger partial charge in [-0.25, -0.2) is 5.84 Å². The van der Waals surface area contributed by atoms with Gasteiger partial charge in [0.1, 0.15) is 11.6 Å². The van der Waals surface area contributed by atoms with Gasteiger partial charge in [0, 0.05) is 19.2 Å². The highest BCUT2D eigenvalue weighted by Crippen LogP contribution is 2.17. The lowest BCUT2D eigenvalue weighted by Gasteiger charge is -2.14. The molecule has 6 N–H and O–H groups in total. The normalized spacial score (nSPS) is 20.0. The molecule has 1 atom stereocenters. The molecule has 7 heteroatoms. The number of anilines is 3. The monoisotopic (exact) mass is 251 g/mol. The maximum atomic E-state index is 5.60. The number of nitrogens with zero attached hydrogens (tertiary/aromatic N) is 3. The molecule has 1 aliphatic heterocycles. The summed E-state index contributed by atoms with van der Waals surface area (Å²) < 4.78 is 0. The molecule has 1 fully saturated rings. The highest BCUT2D eigenvalue weighted by atomic mass is 15.3. The maximum absolute atomic E-state index is 5.60. The van der Waals surface area contributed by atoms with Crippen molar-refractivity contribution in [3.8, 4) is 0 Å². The molecule has 0 spiro atoms. The van der Waals surface area contributed by atoms with Gasteiger partial charge in [-0.05, 0) is 25.4 Å². The second-order valence-electron chi connectivity index (χ2n) is 4.57.